The zero-order valence-corrected chi connectivity index (χ0v) is 11.4. The number of allylic oxidation sites excluding steroid dienone is 1. The van der Waals surface area contributed by atoms with Crippen LogP contribution in [0.3, 0.4) is 0 Å². The van der Waals surface area contributed by atoms with Gasteiger partial charge in [0.15, 0.2) is 0 Å². The van der Waals surface area contributed by atoms with Gasteiger partial charge >= 0.3 is 0 Å². The molecule has 0 heterocycles. The summed E-state index contributed by atoms with van der Waals surface area (Å²) < 4.78 is 0. The van der Waals surface area contributed by atoms with Gasteiger partial charge in [0.25, 0.3) is 0 Å². The van der Waals surface area contributed by atoms with Crippen LogP contribution >= 0.6 is 0 Å². The van der Waals surface area contributed by atoms with Crippen molar-refractivity contribution in [3.05, 3.63) is 12.7 Å². The van der Waals surface area contributed by atoms with Crippen molar-refractivity contribution in [2.24, 2.45) is 0 Å². The summed E-state index contributed by atoms with van der Waals surface area (Å²) in [7, 11) is 2.08. The molecule has 0 bridgehead atoms. The van der Waals surface area contributed by atoms with Crippen LogP contribution in [-0.2, 0) is 0 Å². The number of rotatable bonds is 12. The minimum Gasteiger partial charge on any atom is -0.317 e. The van der Waals surface area contributed by atoms with Gasteiger partial charge in [0, 0.05) is 6.04 Å². The molecular formula is C15H31N. The third-order valence-corrected chi connectivity index (χ3v) is 3.28. The van der Waals surface area contributed by atoms with Crippen LogP contribution in [0.25, 0.3) is 0 Å². The van der Waals surface area contributed by atoms with Crippen LogP contribution in [0, 0.1) is 0 Å². The van der Waals surface area contributed by atoms with Gasteiger partial charge in [-0.3, -0.25) is 0 Å². The first-order valence-corrected chi connectivity index (χ1v) is 7.13. The molecule has 96 valence electrons. The number of nitrogens with one attached hydrogen (secondary N) is 1. The average Bonchev–Trinajstić information content (AvgIpc) is 2.32. The van der Waals surface area contributed by atoms with Crippen molar-refractivity contribution in [3.63, 3.8) is 0 Å². The Kier molecular flexibility index (Phi) is 12.5. The summed E-state index contributed by atoms with van der Waals surface area (Å²) in [5, 5.41) is 3.40. The van der Waals surface area contributed by atoms with E-state index in [0.29, 0.717) is 6.04 Å². The Bertz CT molecular complexity index is 142. The topological polar surface area (TPSA) is 12.0 Å². The lowest BCUT2D eigenvalue weighted by Gasteiger charge is -2.14. The molecule has 0 aliphatic heterocycles. The Hall–Kier alpha value is -0.300. The van der Waals surface area contributed by atoms with E-state index in [1.165, 1.54) is 57.8 Å². The molecule has 0 aromatic rings. The standard InChI is InChI=1S/C15H31N/c1-4-6-8-9-10-11-12-14-15(16-3)13-7-5-2/h5,15-16H,2,4,6-14H2,1,3H3. The van der Waals surface area contributed by atoms with Crippen LogP contribution in [0.5, 0.6) is 0 Å². The fraction of sp³-hybridized carbons (Fsp3) is 0.867. The molecule has 0 aromatic heterocycles. The maximum atomic E-state index is 3.78. The highest BCUT2D eigenvalue weighted by Crippen LogP contribution is 2.11. The third-order valence-electron chi connectivity index (χ3n) is 3.28. The zero-order valence-electron chi connectivity index (χ0n) is 11.4. The van der Waals surface area contributed by atoms with Gasteiger partial charge in [0.2, 0.25) is 0 Å². The predicted octanol–water partition coefficient (Wildman–Crippen LogP) is 4.68. The largest absolute Gasteiger partial charge is 0.317 e. The van der Waals surface area contributed by atoms with E-state index in [0.717, 1.165) is 6.42 Å². The molecular weight excluding hydrogens is 194 g/mol. The van der Waals surface area contributed by atoms with Crippen LogP contribution in [-0.4, -0.2) is 13.1 Å². The second-order valence-electron chi connectivity index (χ2n) is 4.76. The average molecular weight is 225 g/mol. The second kappa shape index (κ2) is 12.8. The molecule has 1 atom stereocenters. The number of hydrogen-bond acceptors (Lipinski definition) is 1. The number of hydrogen-bond donors (Lipinski definition) is 1. The van der Waals surface area contributed by atoms with E-state index in [2.05, 4.69) is 25.9 Å². The van der Waals surface area contributed by atoms with E-state index >= 15 is 0 Å². The maximum absolute atomic E-state index is 3.78. The van der Waals surface area contributed by atoms with Gasteiger partial charge in [-0.2, -0.15) is 0 Å². The van der Waals surface area contributed by atoms with Crippen molar-refractivity contribution in [2.75, 3.05) is 7.05 Å². The lowest BCUT2D eigenvalue weighted by Crippen LogP contribution is -2.24. The van der Waals surface area contributed by atoms with Crippen molar-refractivity contribution < 1.29 is 0 Å². The van der Waals surface area contributed by atoms with Crippen molar-refractivity contribution >= 4 is 0 Å². The SMILES string of the molecule is C=CCCC(CCCCCCCCC)NC. The van der Waals surface area contributed by atoms with Crippen molar-refractivity contribution in [1.82, 2.24) is 5.32 Å². The Morgan fingerprint density at radius 1 is 1.00 bits per heavy atom. The fourth-order valence-corrected chi connectivity index (χ4v) is 2.10. The van der Waals surface area contributed by atoms with Crippen LogP contribution in [0.2, 0.25) is 0 Å². The summed E-state index contributed by atoms with van der Waals surface area (Å²) >= 11 is 0. The first-order chi connectivity index (χ1) is 7.85. The van der Waals surface area contributed by atoms with Gasteiger partial charge < -0.3 is 5.32 Å². The summed E-state index contributed by atoms with van der Waals surface area (Å²) in [5.74, 6) is 0. The molecule has 0 rings (SSSR count). The molecule has 0 spiro atoms. The highest BCUT2D eigenvalue weighted by Gasteiger charge is 2.03. The molecule has 0 amide bonds. The predicted molar refractivity (Wildman–Crippen MR) is 74.9 cm³/mol. The summed E-state index contributed by atoms with van der Waals surface area (Å²) in [6.45, 7) is 6.05. The normalized spacial score (nSPS) is 12.6. The minimum atomic E-state index is 0.702. The molecule has 1 unspecified atom stereocenters. The Morgan fingerprint density at radius 3 is 2.19 bits per heavy atom. The van der Waals surface area contributed by atoms with Gasteiger partial charge in [-0.1, -0.05) is 57.9 Å². The van der Waals surface area contributed by atoms with Gasteiger partial charge in [-0.25, -0.2) is 0 Å². The molecule has 16 heavy (non-hydrogen) atoms. The van der Waals surface area contributed by atoms with Gasteiger partial charge in [-0.05, 0) is 26.3 Å². The lowest BCUT2D eigenvalue weighted by atomic mass is 10.0. The highest BCUT2D eigenvalue weighted by atomic mass is 14.9. The lowest BCUT2D eigenvalue weighted by molar-refractivity contribution is 0.460. The molecule has 1 N–H and O–H groups in total. The first kappa shape index (κ1) is 15.7. The Balaban J connectivity index is 3.23. The molecule has 0 aliphatic carbocycles. The van der Waals surface area contributed by atoms with Gasteiger partial charge in [0.05, 0.1) is 0 Å². The molecule has 0 radical (unpaired) electrons. The molecule has 0 aromatic carbocycles. The van der Waals surface area contributed by atoms with E-state index in [1.807, 2.05) is 6.08 Å². The first-order valence-electron chi connectivity index (χ1n) is 7.13. The van der Waals surface area contributed by atoms with Crippen molar-refractivity contribution in [3.8, 4) is 0 Å². The van der Waals surface area contributed by atoms with E-state index in [9.17, 15) is 0 Å². The van der Waals surface area contributed by atoms with Gasteiger partial charge in [-0.15, -0.1) is 6.58 Å². The quantitative estimate of drug-likeness (QED) is 0.375. The molecule has 1 heteroatoms. The summed E-state index contributed by atoms with van der Waals surface area (Å²) in [4.78, 5) is 0. The van der Waals surface area contributed by atoms with Gasteiger partial charge in [0.1, 0.15) is 0 Å². The monoisotopic (exact) mass is 225 g/mol. The molecule has 0 saturated heterocycles. The summed E-state index contributed by atoms with van der Waals surface area (Å²) in [6, 6.07) is 0.702. The Morgan fingerprint density at radius 2 is 1.62 bits per heavy atom. The van der Waals surface area contributed by atoms with Crippen molar-refractivity contribution in [1.29, 1.82) is 0 Å². The smallest absolute Gasteiger partial charge is 0.00670 e. The molecule has 0 fully saturated rings. The number of unbranched alkanes of at least 4 members (excludes halogenated alkanes) is 6. The molecule has 0 saturated carbocycles. The van der Waals surface area contributed by atoms with E-state index in [1.54, 1.807) is 0 Å². The van der Waals surface area contributed by atoms with Crippen LogP contribution in [0.1, 0.15) is 71.1 Å². The van der Waals surface area contributed by atoms with E-state index in [-0.39, 0.29) is 0 Å². The van der Waals surface area contributed by atoms with Crippen LogP contribution in [0.15, 0.2) is 12.7 Å². The van der Waals surface area contributed by atoms with Crippen LogP contribution in [0.4, 0.5) is 0 Å². The maximum Gasteiger partial charge on any atom is 0.00670 e. The fourth-order valence-electron chi connectivity index (χ4n) is 2.10. The zero-order chi connectivity index (χ0) is 12.1. The van der Waals surface area contributed by atoms with E-state index in [4.69, 9.17) is 0 Å². The van der Waals surface area contributed by atoms with Crippen molar-refractivity contribution in [2.45, 2.75) is 77.2 Å². The molecule has 1 nitrogen and oxygen atoms in total. The molecule has 0 aliphatic rings. The van der Waals surface area contributed by atoms with Crippen LogP contribution < -0.4 is 5.32 Å². The summed E-state index contributed by atoms with van der Waals surface area (Å²) in [6.07, 6.45) is 15.6. The van der Waals surface area contributed by atoms with E-state index < -0.39 is 0 Å². The third kappa shape index (κ3) is 10.2. The highest BCUT2D eigenvalue weighted by molar-refractivity contribution is 4.72. The Labute approximate surface area is 103 Å². The second-order valence-corrected chi connectivity index (χ2v) is 4.76. The summed E-state index contributed by atoms with van der Waals surface area (Å²) in [5.41, 5.74) is 0. The minimum absolute atomic E-state index is 0.702.